The number of hydrogen-bond donors (Lipinski definition) is 1. The number of thiazole rings is 1. The van der Waals surface area contributed by atoms with Crippen LogP contribution < -0.4 is 10.2 Å². The van der Waals surface area contributed by atoms with Crippen molar-refractivity contribution in [2.24, 2.45) is 5.10 Å². The van der Waals surface area contributed by atoms with Crippen molar-refractivity contribution >= 4 is 34.3 Å². The number of anilines is 1. The Morgan fingerprint density at radius 2 is 2.00 bits per heavy atom. The molecule has 0 amide bonds. The maximum atomic E-state index is 6.22. The number of nitrogens with zero attached hydrogens (tertiary/aromatic N) is 2. The average molecular weight is 344 g/mol. The molecule has 0 radical (unpaired) electrons. The molecule has 0 unspecified atom stereocenters. The highest BCUT2D eigenvalue weighted by molar-refractivity contribution is 7.14. The summed E-state index contributed by atoms with van der Waals surface area (Å²) in [6, 6.07) is 15.6. The summed E-state index contributed by atoms with van der Waals surface area (Å²) in [4.78, 5) is 4.50. The van der Waals surface area contributed by atoms with Crippen LogP contribution >= 0.6 is 22.9 Å². The topological polar surface area (TPSA) is 46.5 Å². The van der Waals surface area contributed by atoms with Gasteiger partial charge in [-0.15, -0.1) is 11.3 Å². The lowest BCUT2D eigenvalue weighted by Crippen LogP contribution is -1.92. The molecule has 0 saturated carbocycles. The molecule has 0 bridgehead atoms. The third-order valence-electron chi connectivity index (χ3n) is 3.15. The first-order valence-corrected chi connectivity index (χ1v) is 8.16. The number of benzene rings is 2. The lowest BCUT2D eigenvalue weighted by atomic mass is 10.2. The summed E-state index contributed by atoms with van der Waals surface area (Å²) in [5.74, 6) is 0.622. The molecule has 2 aromatic carbocycles. The maximum Gasteiger partial charge on any atom is 0.203 e. The second kappa shape index (κ2) is 7.26. The van der Waals surface area contributed by atoms with E-state index >= 15 is 0 Å². The average Bonchev–Trinajstić information content (AvgIpc) is 3.06. The van der Waals surface area contributed by atoms with Gasteiger partial charge in [-0.1, -0.05) is 54.1 Å². The van der Waals surface area contributed by atoms with E-state index < -0.39 is 0 Å². The van der Waals surface area contributed by atoms with Gasteiger partial charge in [-0.3, -0.25) is 5.43 Å². The van der Waals surface area contributed by atoms with Crippen LogP contribution in [0.2, 0.25) is 5.02 Å². The second-order valence-corrected chi connectivity index (χ2v) is 5.87. The van der Waals surface area contributed by atoms with Crippen molar-refractivity contribution in [3.63, 3.8) is 0 Å². The minimum atomic E-state index is 0.532. The van der Waals surface area contributed by atoms with Crippen LogP contribution in [-0.4, -0.2) is 18.3 Å². The summed E-state index contributed by atoms with van der Waals surface area (Å²) >= 11 is 7.72. The highest BCUT2D eigenvalue weighted by atomic mass is 35.5. The van der Waals surface area contributed by atoms with Crippen molar-refractivity contribution in [3.05, 3.63) is 64.5 Å². The van der Waals surface area contributed by atoms with E-state index in [1.807, 2.05) is 47.8 Å². The fourth-order valence-electron chi connectivity index (χ4n) is 2.01. The number of nitrogens with one attached hydrogen (secondary N) is 1. The van der Waals surface area contributed by atoms with E-state index in [9.17, 15) is 0 Å². The zero-order valence-electron chi connectivity index (χ0n) is 12.4. The Kier molecular flexibility index (Phi) is 4.90. The van der Waals surface area contributed by atoms with Gasteiger partial charge in [0.2, 0.25) is 5.13 Å². The molecule has 4 nitrogen and oxygen atoms in total. The molecular weight excluding hydrogens is 330 g/mol. The standard InChI is InChI=1S/C17H14ClN3OS/c1-22-15-9-5-8-13(16(15)18)10-19-21-17-20-14(11-23-17)12-6-3-2-4-7-12/h2-11H,1H3,(H,20,21). The Morgan fingerprint density at radius 3 is 2.78 bits per heavy atom. The molecule has 6 heteroatoms. The molecule has 1 N–H and O–H groups in total. The van der Waals surface area contributed by atoms with Crippen molar-refractivity contribution in [1.82, 2.24) is 4.98 Å². The van der Waals surface area contributed by atoms with Crippen molar-refractivity contribution in [2.45, 2.75) is 0 Å². The van der Waals surface area contributed by atoms with E-state index in [2.05, 4.69) is 15.5 Å². The highest BCUT2D eigenvalue weighted by Crippen LogP contribution is 2.27. The van der Waals surface area contributed by atoms with Crippen LogP contribution in [0.25, 0.3) is 11.3 Å². The summed E-state index contributed by atoms with van der Waals surface area (Å²) in [5.41, 5.74) is 5.71. The van der Waals surface area contributed by atoms with Gasteiger partial charge in [0.05, 0.1) is 24.0 Å². The Labute approximate surface area is 143 Å². The van der Waals surface area contributed by atoms with Gasteiger partial charge >= 0.3 is 0 Å². The first-order chi connectivity index (χ1) is 11.3. The largest absolute Gasteiger partial charge is 0.495 e. The minimum Gasteiger partial charge on any atom is -0.495 e. The van der Waals surface area contributed by atoms with Crippen LogP contribution in [0.1, 0.15) is 5.56 Å². The third-order valence-corrected chi connectivity index (χ3v) is 4.30. The second-order valence-electron chi connectivity index (χ2n) is 4.64. The zero-order valence-corrected chi connectivity index (χ0v) is 13.9. The Morgan fingerprint density at radius 1 is 1.17 bits per heavy atom. The summed E-state index contributed by atoms with van der Waals surface area (Å²) in [6.45, 7) is 0. The Hall–Kier alpha value is -2.37. The van der Waals surface area contributed by atoms with Gasteiger partial charge in [-0.05, 0) is 6.07 Å². The highest BCUT2D eigenvalue weighted by Gasteiger charge is 2.05. The molecular formula is C17H14ClN3OS. The van der Waals surface area contributed by atoms with Gasteiger partial charge in [0.15, 0.2) is 0 Å². The smallest absolute Gasteiger partial charge is 0.203 e. The number of methoxy groups -OCH3 is 1. The predicted molar refractivity (Wildman–Crippen MR) is 96.8 cm³/mol. The van der Waals surface area contributed by atoms with Gasteiger partial charge in [-0.25, -0.2) is 4.98 Å². The van der Waals surface area contributed by atoms with Crippen LogP contribution in [0.15, 0.2) is 59.0 Å². The van der Waals surface area contributed by atoms with Crippen molar-refractivity contribution in [3.8, 4) is 17.0 Å². The molecule has 3 aromatic rings. The normalized spacial score (nSPS) is 10.9. The van der Waals surface area contributed by atoms with Crippen molar-refractivity contribution in [1.29, 1.82) is 0 Å². The van der Waals surface area contributed by atoms with Crippen molar-refractivity contribution in [2.75, 3.05) is 12.5 Å². The van der Waals surface area contributed by atoms with E-state index in [0.29, 0.717) is 10.8 Å². The van der Waals surface area contributed by atoms with E-state index in [1.165, 1.54) is 11.3 Å². The summed E-state index contributed by atoms with van der Waals surface area (Å²) in [6.07, 6.45) is 1.65. The van der Waals surface area contributed by atoms with Crippen LogP contribution in [0.3, 0.4) is 0 Å². The molecule has 0 aliphatic carbocycles. The van der Waals surface area contributed by atoms with Gasteiger partial charge in [-0.2, -0.15) is 5.10 Å². The van der Waals surface area contributed by atoms with Gasteiger partial charge < -0.3 is 4.74 Å². The van der Waals surface area contributed by atoms with Crippen molar-refractivity contribution < 1.29 is 4.74 Å². The number of halogens is 1. The molecule has 0 aliphatic heterocycles. The first kappa shape index (κ1) is 15.5. The molecule has 1 heterocycles. The molecule has 0 spiro atoms. The third kappa shape index (κ3) is 3.70. The van der Waals surface area contributed by atoms with Gasteiger partial charge in [0, 0.05) is 16.5 Å². The fraction of sp³-hybridized carbons (Fsp3) is 0.0588. The summed E-state index contributed by atoms with van der Waals surface area (Å²) < 4.78 is 5.18. The minimum absolute atomic E-state index is 0.532. The van der Waals surface area contributed by atoms with Crippen LogP contribution in [0, 0.1) is 0 Å². The number of aromatic nitrogens is 1. The molecule has 0 fully saturated rings. The Balaban J connectivity index is 1.71. The number of ether oxygens (including phenoxy) is 1. The van der Waals surface area contributed by atoms with E-state index in [0.717, 1.165) is 22.0 Å². The maximum absolute atomic E-state index is 6.22. The summed E-state index contributed by atoms with van der Waals surface area (Å²) in [7, 11) is 1.58. The van der Waals surface area contributed by atoms with E-state index in [1.54, 1.807) is 19.4 Å². The molecule has 116 valence electrons. The molecule has 23 heavy (non-hydrogen) atoms. The van der Waals surface area contributed by atoms with Gasteiger partial charge in [0.25, 0.3) is 0 Å². The molecule has 3 rings (SSSR count). The van der Waals surface area contributed by atoms with Gasteiger partial charge in [0.1, 0.15) is 5.75 Å². The quantitative estimate of drug-likeness (QED) is 0.528. The van der Waals surface area contributed by atoms with Crippen LogP contribution in [0.4, 0.5) is 5.13 Å². The fourth-order valence-corrected chi connectivity index (χ4v) is 2.93. The molecule has 1 aromatic heterocycles. The van der Waals surface area contributed by atoms with Crippen LogP contribution in [-0.2, 0) is 0 Å². The number of hydrazone groups is 1. The van der Waals surface area contributed by atoms with Crippen LogP contribution in [0.5, 0.6) is 5.75 Å². The van der Waals surface area contributed by atoms with E-state index in [-0.39, 0.29) is 0 Å². The lowest BCUT2D eigenvalue weighted by molar-refractivity contribution is 0.415. The SMILES string of the molecule is COc1cccc(C=NNc2nc(-c3ccccc3)cs2)c1Cl. The summed E-state index contributed by atoms with van der Waals surface area (Å²) in [5, 5.41) is 7.43. The molecule has 0 atom stereocenters. The molecule has 0 saturated heterocycles. The first-order valence-electron chi connectivity index (χ1n) is 6.90. The predicted octanol–water partition coefficient (Wildman–Crippen LogP) is 4.92. The molecule has 0 aliphatic rings. The number of hydrogen-bond acceptors (Lipinski definition) is 5. The lowest BCUT2D eigenvalue weighted by Gasteiger charge is -2.04. The van der Waals surface area contributed by atoms with E-state index in [4.69, 9.17) is 16.3 Å². The zero-order chi connectivity index (χ0) is 16.1. The Bertz CT molecular complexity index is 818. The monoisotopic (exact) mass is 343 g/mol. The number of rotatable bonds is 5.